The van der Waals surface area contributed by atoms with Crippen LogP contribution in [-0.2, 0) is 4.79 Å². The van der Waals surface area contributed by atoms with Crippen molar-refractivity contribution in [1.29, 1.82) is 0 Å². The van der Waals surface area contributed by atoms with Gasteiger partial charge in [0.15, 0.2) is 5.17 Å². The van der Waals surface area contributed by atoms with E-state index in [0.29, 0.717) is 27.3 Å². The highest BCUT2D eigenvalue weighted by molar-refractivity contribution is 8.18. The minimum absolute atomic E-state index is 0.189. The second kappa shape index (κ2) is 7.96. The number of amides is 1. The lowest BCUT2D eigenvalue weighted by Crippen LogP contribution is -2.19. The Kier molecular flexibility index (Phi) is 5.46. The van der Waals surface area contributed by atoms with Crippen LogP contribution in [0, 0.1) is 0 Å². The zero-order chi connectivity index (χ0) is 19.4. The number of rotatable bonds is 5. The van der Waals surface area contributed by atoms with E-state index in [0.717, 1.165) is 5.56 Å². The van der Waals surface area contributed by atoms with Gasteiger partial charge in [0.1, 0.15) is 17.2 Å². The standard InChI is InChI=1S/C19H16N2O5S/c1-25-13-7-8-14(15(10-13)26-2)20-19-21-17(22)16(27-19)9-11-3-5-12(6-4-11)18(23)24/h3-10H,1-2H3,(H,23,24)(H,20,21,22)/b16-9-. The fourth-order valence-electron chi connectivity index (χ4n) is 2.34. The summed E-state index contributed by atoms with van der Waals surface area (Å²) in [6.07, 6.45) is 1.68. The summed E-state index contributed by atoms with van der Waals surface area (Å²) < 4.78 is 10.5. The summed E-state index contributed by atoms with van der Waals surface area (Å²) in [5.74, 6) is -0.0960. The summed E-state index contributed by atoms with van der Waals surface area (Å²) in [5.41, 5.74) is 1.48. The predicted molar refractivity (Wildman–Crippen MR) is 104 cm³/mol. The second-order valence-electron chi connectivity index (χ2n) is 5.45. The topological polar surface area (TPSA) is 97.2 Å². The van der Waals surface area contributed by atoms with E-state index in [1.165, 1.54) is 31.0 Å². The first kappa shape index (κ1) is 18.5. The molecule has 1 fully saturated rings. The molecule has 0 aliphatic carbocycles. The second-order valence-corrected chi connectivity index (χ2v) is 6.48. The van der Waals surface area contributed by atoms with Gasteiger partial charge in [-0.25, -0.2) is 9.79 Å². The lowest BCUT2D eigenvalue weighted by Gasteiger charge is -2.07. The lowest BCUT2D eigenvalue weighted by atomic mass is 10.1. The van der Waals surface area contributed by atoms with E-state index in [4.69, 9.17) is 14.6 Å². The van der Waals surface area contributed by atoms with Gasteiger partial charge in [-0.1, -0.05) is 12.1 Å². The molecule has 27 heavy (non-hydrogen) atoms. The van der Waals surface area contributed by atoms with E-state index in [2.05, 4.69) is 10.3 Å². The first-order chi connectivity index (χ1) is 13.0. The number of benzene rings is 2. The number of aliphatic imine (C=N–C) groups is 1. The lowest BCUT2D eigenvalue weighted by molar-refractivity contribution is -0.115. The number of carbonyl (C=O) groups is 2. The van der Waals surface area contributed by atoms with Crippen LogP contribution < -0.4 is 14.8 Å². The van der Waals surface area contributed by atoms with E-state index in [1.54, 1.807) is 43.5 Å². The normalized spacial score (nSPS) is 16.4. The summed E-state index contributed by atoms with van der Waals surface area (Å²) in [5, 5.41) is 12.1. The van der Waals surface area contributed by atoms with Crippen LogP contribution in [0.25, 0.3) is 6.08 Å². The molecular weight excluding hydrogens is 368 g/mol. The van der Waals surface area contributed by atoms with E-state index in [-0.39, 0.29) is 11.5 Å². The number of nitrogens with one attached hydrogen (secondary N) is 1. The smallest absolute Gasteiger partial charge is 0.335 e. The number of carboxylic acids is 1. The van der Waals surface area contributed by atoms with Gasteiger partial charge in [0, 0.05) is 6.07 Å². The third kappa shape index (κ3) is 4.29. The van der Waals surface area contributed by atoms with Crippen LogP contribution in [-0.4, -0.2) is 36.4 Å². The Balaban J connectivity index is 1.82. The average Bonchev–Trinajstić information content (AvgIpc) is 3.01. The van der Waals surface area contributed by atoms with E-state index in [1.807, 2.05) is 0 Å². The fourth-order valence-corrected chi connectivity index (χ4v) is 3.18. The Hall–Kier alpha value is -3.26. The zero-order valence-electron chi connectivity index (χ0n) is 14.6. The van der Waals surface area contributed by atoms with Crippen LogP contribution in [0.4, 0.5) is 5.69 Å². The van der Waals surface area contributed by atoms with Crippen molar-refractivity contribution in [1.82, 2.24) is 5.32 Å². The molecule has 1 saturated heterocycles. The van der Waals surface area contributed by atoms with Crippen molar-refractivity contribution >= 4 is 40.6 Å². The molecule has 0 atom stereocenters. The quantitative estimate of drug-likeness (QED) is 0.768. The number of hydrogen-bond donors (Lipinski definition) is 2. The van der Waals surface area contributed by atoms with Crippen LogP contribution in [0.2, 0.25) is 0 Å². The largest absolute Gasteiger partial charge is 0.497 e. The molecule has 1 heterocycles. The molecule has 2 aromatic rings. The van der Waals surface area contributed by atoms with E-state index in [9.17, 15) is 9.59 Å². The van der Waals surface area contributed by atoms with E-state index < -0.39 is 5.97 Å². The van der Waals surface area contributed by atoms with Gasteiger partial charge in [-0.15, -0.1) is 0 Å². The minimum Gasteiger partial charge on any atom is -0.497 e. The van der Waals surface area contributed by atoms with Gasteiger partial charge >= 0.3 is 5.97 Å². The summed E-state index contributed by atoms with van der Waals surface area (Å²) in [4.78, 5) is 28.0. The van der Waals surface area contributed by atoms with Crippen molar-refractivity contribution in [3.8, 4) is 11.5 Å². The number of thioether (sulfide) groups is 1. The van der Waals surface area contributed by atoms with Crippen molar-refractivity contribution in [3.63, 3.8) is 0 Å². The van der Waals surface area contributed by atoms with E-state index >= 15 is 0 Å². The molecule has 0 saturated carbocycles. The molecule has 7 nitrogen and oxygen atoms in total. The maximum atomic E-state index is 12.2. The van der Waals surface area contributed by atoms with Crippen molar-refractivity contribution < 1.29 is 24.2 Å². The van der Waals surface area contributed by atoms with Gasteiger partial charge in [0.05, 0.1) is 24.7 Å². The highest BCUT2D eigenvalue weighted by atomic mass is 32.2. The Bertz CT molecular complexity index is 951. The van der Waals surface area contributed by atoms with Crippen LogP contribution in [0.15, 0.2) is 52.4 Å². The predicted octanol–water partition coefficient (Wildman–Crippen LogP) is 3.29. The maximum Gasteiger partial charge on any atom is 0.335 e. The number of nitrogens with zero attached hydrogens (tertiary/aromatic N) is 1. The first-order valence-electron chi connectivity index (χ1n) is 7.85. The Morgan fingerprint density at radius 3 is 2.52 bits per heavy atom. The molecule has 0 unspecified atom stereocenters. The number of carboxylic acid groups (broad SMARTS) is 1. The highest BCUT2D eigenvalue weighted by Gasteiger charge is 2.24. The van der Waals surface area contributed by atoms with Gasteiger partial charge in [-0.2, -0.15) is 0 Å². The third-order valence-electron chi connectivity index (χ3n) is 3.72. The van der Waals surface area contributed by atoms with Gasteiger partial charge in [-0.05, 0) is 47.7 Å². The van der Waals surface area contributed by atoms with Crippen molar-refractivity contribution in [2.24, 2.45) is 4.99 Å². The molecule has 1 aliphatic heterocycles. The molecule has 0 aromatic heterocycles. The summed E-state index contributed by atoms with van der Waals surface area (Å²) in [7, 11) is 3.10. The Morgan fingerprint density at radius 1 is 1.15 bits per heavy atom. The number of carbonyl (C=O) groups excluding carboxylic acids is 1. The molecule has 8 heteroatoms. The Morgan fingerprint density at radius 2 is 1.89 bits per heavy atom. The summed E-state index contributed by atoms with van der Waals surface area (Å²) in [6, 6.07) is 11.5. The minimum atomic E-state index is -0.995. The zero-order valence-corrected chi connectivity index (χ0v) is 15.4. The molecule has 1 aliphatic rings. The van der Waals surface area contributed by atoms with Crippen LogP contribution in [0.1, 0.15) is 15.9 Å². The average molecular weight is 384 g/mol. The number of ether oxygens (including phenoxy) is 2. The highest BCUT2D eigenvalue weighted by Crippen LogP contribution is 2.34. The SMILES string of the molecule is COc1ccc(N=C2NC(=O)/C(=C/c3ccc(C(=O)O)cc3)S2)c(OC)c1. The van der Waals surface area contributed by atoms with Crippen molar-refractivity contribution in [3.05, 3.63) is 58.5 Å². The van der Waals surface area contributed by atoms with Crippen molar-refractivity contribution in [2.75, 3.05) is 14.2 Å². The maximum absolute atomic E-state index is 12.2. The van der Waals surface area contributed by atoms with Crippen molar-refractivity contribution in [2.45, 2.75) is 0 Å². The molecule has 0 bridgehead atoms. The summed E-state index contributed by atoms with van der Waals surface area (Å²) in [6.45, 7) is 0. The molecule has 0 spiro atoms. The van der Waals surface area contributed by atoms with Gasteiger partial charge in [0.2, 0.25) is 0 Å². The molecule has 3 rings (SSSR count). The molecule has 1 amide bonds. The third-order valence-corrected chi connectivity index (χ3v) is 4.63. The number of methoxy groups -OCH3 is 2. The number of hydrogen-bond acceptors (Lipinski definition) is 6. The van der Waals surface area contributed by atoms with Gasteiger partial charge in [0.25, 0.3) is 5.91 Å². The monoisotopic (exact) mass is 384 g/mol. The number of aromatic carboxylic acids is 1. The van der Waals surface area contributed by atoms with Gasteiger partial charge in [-0.3, -0.25) is 4.79 Å². The van der Waals surface area contributed by atoms with Gasteiger partial charge < -0.3 is 19.9 Å². The molecule has 2 aromatic carbocycles. The Labute approximate surface area is 159 Å². The molecular formula is C19H16N2O5S. The van der Waals surface area contributed by atoms with Crippen LogP contribution >= 0.6 is 11.8 Å². The molecule has 2 N–H and O–H groups in total. The molecule has 0 radical (unpaired) electrons. The number of amidine groups is 1. The summed E-state index contributed by atoms with van der Waals surface area (Å²) >= 11 is 1.20. The van der Waals surface area contributed by atoms with Crippen LogP contribution in [0.5, 0.6) is 11.5 Å². The molecule has 138 valence electrons. The fraction of sp³-hybridized carbons (Fsp3) is 0.105. The first-order valence-corrected chi connectivity index (χ1v) is 8.67. The van der Waals surface area contributed by atoms with Crippen LogP contribution in [0.3, 0.4) is 0 Å².